The highest BCUT2D eigenvalue weighted by atomic mass is 32.1. The first-order valence-corrected chi connectivity index (χ1v) is 6.16. The van der Waals surface area contributed by atoms with E-state index in [0.717, 1.165) is 10.6 Å². The topological polar surface area (TPSA) is 45.0 Å². The van der Waals surface area contributed by atoms with Crippen molar-refractivity contribution >= 4 is 17.0 Å². The summed E-state index contributed by atoms with van der Waals surface area (Å²) in [5.41, 5.74) is 1.44. The first-order chi connectivity index (χ1) is 8.72. The Kier molecular flexibility index (Phi) is 3.80. The lowest BCUT2D eigenvalue weighted by molar-refractivity contribution is 0.387. The smallest absolute Gasteiger partial charge is 0.165 e. The van der Waals surface area contributed by atoms with Crippen molar-refractivity contribution in [2.45, 2.75) is 6.54 Å². The van der Waals surface area contributed by atoms with Crippen LogP contribution >= 0.6 is 11.3 Å². The van der Waals surface area contributed by atoms with E-state index in [-0.39, 0.29) is 11.6 Å². The predicted molar refractivity (Wildman–Crippen MR) is 69.3 cm³/mol. The largest absolute Gasteiger partial charge is 0.494 e. The number of nitrogens with one attached hydrogen (secondary N) is 1. The quantitative estimate of drug-likeness (QED) is 0.918. The highest BCUT2D eigenvalue weighted by molar-refractivity contribution is 7.10. The molecular formula is C13H11FN2OS. The van der Waals surface area contributed by atoms with E-state index >= 15 is 0 Å². The number of benzene rings is 1. The summed E-state index contributed by atoms with van der Waals surface area (Å²) in [4.78, 5) is 1.05. The van der Waals surface area contributed by atoms with Gasteiger partial charge in [0.1, 0.15) is 6.07 Å². The second-order valence-corrected chi connectivity index (χ2v) is 4.61. The molecule has 0 aliphatic carbocycles. The van der Waals surface area contributed by atoms with Crippen LogP contribution in [0.25, 0.3) is 0 Å². The van der Waals surface area contributed by atoms with Crippen LogP contribution < -0.4 is 10.1 Å². The van der Waals surface area contributed by atoms with Gasteiger partial charge in [0.2, 0.25) is 0 Å². The third-order valence-corrected chi connectivity index (χ3v) is 3.34. The number of nitriles is 1. The minimum absolute atomic E-state index is 0.212. The predicted octanol–water partition coefficient (Wildman–Crippen LogP) is 3.38. The molecule has 2 rings (SSSR count). The molecule has 2 aromatic rings. The van der Waals surface area contributed by atoms with Crippen LogP contribution in [0, 0.1) is 17.1 Å². The molecule has 0 bridgehead atoms. The van der Waals surface area contributed by atoms with Crippen molar-refractivity contribution in [1.29, 1.82) is 5.26 Å². The Hall–Kier alpha value is -2.06. The molecule has 0 saturated heterocycles. The summed E-state index contributed by atoms with van der Waals surface area (Å²) < 4.78 is 18.1. The maximum absolute atomic E-state index is 13.2. The number of ether oxygens (including phenoxy) is 1. The highest BCUT2D eigenvalue weighted by Crippen LogP contribution is 2.22. The Labute approximate surface area is 108 Å². The SMILES string of the molecule is COc1cc(NCc2cc(C#N)cs2)ccc1F. The van der Waals surface area contributed by atoms with E-state index in [0.29, 0.717) is 12.1 Å². The van der Waals surface area contributed by atoms with Gasteiger partial charge in [-0.15, -0.1) is 11.3 Å². The molecule has 5 heteroatoms. The lowest BCUT2D eigenvalue weighted by Crippen LogP contribution is -1.98. The van der Waals surface area contributed by atoms with Crippen LogP contribution in [0.15, 0.2) is 29.6 Å². The summed E-state index contributed by atoms with van der Waals surface area (Å²) in [6.45, 7) is 0.598. The average molecular weight is 262 g/mol. The molecule has 0 aliphatic heterocycles. The molecule has 92 valence electrons. The Morgan fingerprint density at radius 1 is 1.44 bits per heavy atom. The zero-order valence-corrected chi connectivity index (χ0v) is 10.6. The van der Waals surface area contributed by atoms with Crippen LogP contribution in [0.5, 0.6) is 5.75 Å². The van der Waals surface area contributed by atoms with Gasteiger partial charge in [0, 0.05) is 28.6 Å². The number of anilines is 1. The molecule has 3 nitrogen and oxygen atoms in total. The van der Waals surface area contributed by atoms with Gasteiger partial charge in [0.15, 0.2) is 11.6 Å². The van der Waals surface area contributed by atoms with E-state index in [4.69, 9.17) is 10.00 Å². The van der Waals surface area contributed by atoms with Gasteiger partial charge < -0.3 is 10.1 Å². The van der Waals surface area contributed by atoms with Gasteiger partial charge >= 0.3 is 0 Å². The molecule has 18 heavy (non-hydrogen) atoms. The maximum Gasteiger partial charge on any atom is 0.165 e. The molecular weight excluding hydrogens is 251 g/mol. The maximum atomic E-state index is 13.2. The van der Waals surface area contributed by atoms with Gasteiger partial charge in [0.25, 0.3) is 0 Å². The first-order valence-electron chi connectivity index (χ1n) is 5.28. The van der Waals surface area contributed by atoms with Gasteiger partial charge in [-0.05, 0) is 18.2 Å². The summed E-state index contributed by atoms with van der Waals surface area (Å²) in [6, 6.07) is 8.53. The van der Waals surface area contributed by atoms with Crippen molar-refractivity contribution in [1.82, 2.24) is 0 Å². The molecule has 0 amide bonds. The Bertz CT molecular complexity index is 589. The normalized spacial score (nSPS) is 9.83. The summed E-state index contributed by atoms with van der Waals surface area (Å²) >= 11 is 1.52. The minimum atomic E-state index is -0.383. The fourth-order valence-corrected chi connectivity index (χ4v) is 2.24. The number of rotatable bonds is 4. The van der Waals surface area contributed by atoms with Crippen LogP contribution in [-0.4, -0.2) is 7.11 Å². The molecule has 0 radical (unpaired) electrons. The van der Waals surface area contributed by atoms with Crippen molar-refractivity contribution in [2.24, 2.45) is 0 Å². The number of hydrogen-bond donors (Lipinski definition) is 1. The van der Waals surface area contributed by atoms with E-state index in [1.807, 2.05) is 11.4 Å². The van der Waals surface area contributed by atoms with E-state index in [9.17, 15) is 4.39 Å². The van der Waals surface area contributed by atoms with E-state index < -0.39 is 0 Å². The van der Waals surface area contributed by atoms with Gasteiger partial charge in [0.05, 0.1) is 12.7 Å². The van der Waals surface area contributed by atoms with E-state index in [1.165, 1.54) is 24.5 Å². The molecule has 1 aromatic heterocycles. The Morgan fingerprint density at radius 2 is 2.28 bits per heavy atom. The Morgan fingerprint density at radius 3 is 2.94 bits per heavy atom. The fraction of sp³-hybridized carbons (Fsp3) is 0.154. The van der Waals surface area contributed by atoms with Crippen molar-refractivity contribution in [3.05, 3.63) is 45.9 Å². The van der Waals surface area contributed by atoms with Crippen molar-refractivity contribution in [3.63, 3.8) is 0 Å². The van der Waals surface area contributed by atoms with Crippen molar-refractivity contribution in [3.8, 4) is 11.8 Å². The van der Waals surface area contributed by atoms with Crippen LogP contribution in [0.1, 0.15) is 10.4 Å². The van der Waals surface area contributed by atoms with Gasteiger partial charge in [-0.1, -0.05) is 0 Å². The number of methoxy groups -OCH3 is 1. The van der Waals surface area contributed by atoms with Gasteiger partial charge in [-0.25, -0.2) is 4.39 Å². The Balaban J connectivity index is 2.04. The zero-order valence-electron chi connectivity index (χ0n) is 9.74. The first kappa shape index (κ1) is 12.4. The summed E-state index contributed by atoms with van der Waals surface area (Å²) in [7, 11) is 1.43. The van der Waals surface area contributed by atoms with Crippen molar-refractivity contribution in [2.75, 3.05) is 12.4 Å². The molecule has 1 aromatic carbocycles. The summed E-state index contributed by atoms with van der Waals surface area (Å²) in [5.74, 6) is -0.171. The van der Waals surface area contributed by atoms with Gasteiger partial charge in [-0.2, -0.15) is 5.26 Å². The lowest BCUT2D eigenvalue weighted by Gasteiger charge is -2.07. The van der Waals surface area contributed by atoms with Gasteiger partial charge in [-0.3, -0.25) is 0 Å². The third kappa shape index (κ3) is 2.79. The molecule has 0 spiro atoms. The van der Waals surface area contributed by atoms with E-state index in [1.54, 1.807) is 12.1 Å². The molecule has 0 aliphatic rings. The molecule has 0 unspecified atom stereocenters. The number of halogens is 1. The van der Waals surface area contributed by atoms with E-state index in [2.05, 4.69) is 11.4 Å². The van der Waals surface area contributed by atoms with Crippen LogP contribution in [0.2, 0.25) is 0 Å². The van der Waals surface area contributed by atoms with Crippen LogP contribution in [-0.2, 0) is 6.54 Å². The monoisotopic (exact) mass is 262 g/mol. The fourth-order valence-electron chi connectivity index (χ4n) is 1.49. The van der Waals surface area contributed by atoms with Crippen LogP contribution in [0.4, 0.5) is 10.1 Å². The lowest BCUT2D eigenvalue weighted by atomic mass is 10.2. The average Bonchev–Trinajstić information content (AvgIpc) is 2.86. The molecule has 0 saturated carbocycles. The number of nitrogens with zero attached hydrogens (tertiary/aromatic N) is 1. The molecule has 0 fully saturated rings. The molecule has 0 atom stereocenters. The second kappa shape index (κ2) is 5.52. The molecule has 1 heterocycles. The molecule has 1 N–H and O–H groups in total. The zero-order chi connectivity index (χ0) is 13.0. The summed E-state index contributed by atoms with van der Waals surface area (Å²) in [6.07, 6.45) is 0. The van der Waals surface area contributed by atoms with Crippen LogP contribution in [0.3, 0.4) is 0 Å². The standard InChI is InChI=1S/C13H11FN2OS/c1-17-13-5-10(2-3-12(13)14)16-7-11-4-9(6-15)8-18-11/h2-5,8,16H,7H2,1H3. The highest BCUT2D eigenvalue weighted by Gasteiger charge is 2.04. The summed E-state index contributed by atoms with van der Waals surface area (Å²) in [5, 5.41) is 13.7. The third-order valence-electron chi connectivity index (χ3n) is 2.40. The minimum Gasteiger partial charge on any atom is -0.494 e. The second-order valence-electron chi connectivity index (χ2n) is 3.62. The van der Waals surface area contributed by atoms with Crippen molar-refractivity contribution < 1.29 is 9.13 Å². The number of thiophene rings is 1. The number of hydrogen-bond acceptors (Lipinski definition) is 4.